The van der Waals surface area contributed by atoms with Gasteiger partial charge in [0.15, 0.2) is 5.16 Å². The summed E-state index contributed by atoms with van der Waals surface area (Å²) in [4.78, 5) is 12.6. The van der Waals surface area contributed by atoms with Gasteiger partial charge in [-0.25, -0.2) is 0 Å². The maximum Gasteiger partial charge on any atom is 0.232 e. The van der Waals surface area contributed by atoms with Gasteiger partial charge in [0.25, 0.3) is 0 Å². The van der Waals surface area contributed by atoms with E-state index in [1.54, 1.807) is 36.0 Å². The van der Waals surface area contributed by atoms with E-state index in [1.165, 1.54) is 5.56 Å². The highest BCUT2D eigenvalue weighted by Crippen LogP contribution is 2.25. The molecule has 0 saturated carbocycles. The van der Waals surface area contributed by atoms with Gasteiger partial charge in [0.1, 0.15) is 5.82 Å². The second kappa shape index (κ2) is 9.61. The van der Waals surface area contributed by atoms with Crippen LogP contribution >= 0.6 is 23.4 Å². The summed E-state index contributed by atoms with van der Waals surface area (Å²) < 4.78 is 1.94. The number of hydrogen-bond donors (Lipinski definition) is 1. The van der Waals surface area contributed by atoms with E-state index in [1.807, 2.05) is 53.1 Å². The first kappa shape index (κ1) is 20.2. The Morgan fingerprint density at radius 2 is 1.67 bits per heavy atom. The number of carbonyl (C=O) groups is 1. The van der Waals surface area contributed by atoms with Crippen molar-refractivity contribution < 1.29 is 4.79 Å². The molecular formula is C23H19ClN4OS. The maximum absolute atomic E-state index is 12.6. The first-order valence-electron chi connectivity index (χ1n) is 9.41. The molecule has 0 saturated heterocycles. The lowest BCUT2D eigenvalue weighted by molar-refractivity contribution is -0.115. The fourth-order valence-corrected chi connectivity index (χ4v) is 4.10. The molecule has 3 aromatic carbocycles. The maximum atomic E-state index is 12.6. The number of anilines is 1. The minimum absolute atomic E-state index is 0.0975. The Balaban J connectivity index is 1.56. The molecule has 0 unspecified atom stereocenters. The summed E-state index contributed by atoms with van der Waals surface area (Å²) in [5, 5.41) is 12.8. The molecule has 0 atom stereocenters. The number of rotatable bonds is 7. The first-order valence-corrected chi connectivity index (χ1v) is 10.8. The van der Waals surface area contributed by atoms with Crippen molar-refractivity contribution >= 4 is 35.0 Å². The van der Waals surface area contributed by atoms with Gasteiger partial charge in [0, 0.05) is 22.2 Å². The molecule has 0 bridgehead atoms. The van der Waals surface area contributed by atoms with Crippen LogP contribution in [0.3, 0.4) is 0 Å². The number of benzene rings is 3. The third kappa shape index (κ3) is 5.09. The van der Waals surface area contributed by atoms with E-state index >= 15 is 0 Å². The third-order valence-electron chi connectivity index (χ3n) is 4.35. The SMILES string of the molecule is O=C(Cc1nnc(SCc2ccccc2)n1-c1ccccc1)Nc1cccc(Cl)c1. The van der Waals surface area contributed by atoms with Crippen LogP contribution in [0.4, 0.5) is 5.69 Å². The zero-order valence-corrected chi connectivity index (χ0v) is 17.6. The molecule has 0 spiro atoms. The average molecular weight is 435 g/mol. The molecule has 0 aliphatic heterocycles. The van der Waals surface area contributed by atoms with E-state index in [-0.39, 0.29) is 12.3 Å². The molecule has 5 nitrogen and oxygen atoms in total. The number of hydrogen-bond acceptors (Lipinski definition) is 4. The molecule has 1 N–H and O–H groups in total. The quantitative estimate of drug-likeness (QED) is 0.396. The van der Waals surface area contributed by atoms with Crippen LogP contribution in [0, 0.1) is 0 Å². The van der Waals surface area contributed by atoms with Crippen molar-refractivity contribution in [1.29, 1.82) is 0 Å². The van der Waals surface area contributed by atoms with Crippen LogP contribution in [0.25, 0.3) is 5.69 Å². The lowest BCUT2D eigenvalue weighted by Crippen LogP contribution is -2.17. The van der Waals surface area contributed by atoms with Crippen LogP contribution in [-0.2, 0) is 17.0 Å². The van der Waals surface area contributed by atoms with Crippen LogP contribution in [0.2, 0.25) is 5.02 Å². The highest BCUT2D eigenvalue weighted by molar-refractivity contribution is 7.98. The number of nitrogens with one attached hydrogen (secondary N) is 1. The van der Waals surface area contributed by atoms with Crippen molar-refractivity contribution in [3.63, 3.8) is 0 Å². The predicted octanol–water partition coefficient (Wildman–Crippen LogP) is 5.39. The summed E-state index contributed by atoms with van der Waals surface area (Å²) in [6.45, 7) is 0. The Morgan fingerprint density at radius 3 is 2.40 bits per heavy atom. The normalized spacial score (nSPS) is 10.7. The average Bonchev–Trinajstić information content (AvgIpc) is 3.16. The fraction of sp³-hybridized carbons (Fsp3) is 0.0870. The van der Waals surface area contributed by atoms with Crippen LogP contribution < -0.4 is 5.32 Å². The number of para-hydroxylation sites is 1. The number of amides is 1. The molecule has 7 heteroatoms. The molecule has 1 aromatic heterocycles. The molecule has 4 aromatic rings. The van der Waals surface area contributed by atoms with Crippen LogP contribution in [0.5, 0.6) is 0 Å². The molecule has 0 fully saturated rings. The third-order valence-corrected chi connectivity index (χ3v) is 5.59. The summed E-state index contributed by atoms with van der Waals surface area (Å²) in [5.41, 5.74) is 2.77. The van der Waals surface area contributed by atoms with Gasteiger partial charge in [-0.1, -0.05) is 78.0 Å². The van der Waals surface area contributed by atoms with Crippen LogP contribution in [0.1, 0.15) is 11.4 Å². The van der Waals surface area contributed by atoms with Crippen molar-refractivity contribution in [3.8, 4) is 5.69 Å². The monoisotopic (exact) mass is 434 g/mol. The largest absolute Gasteiger partial charge is 0.326 e. The van der Waals surface area contributed by atoms with E-state index < -0.39 is 0 Å². The van der Waals surface area contributed by atoms with Crippen LogP contribution in [0.15, 0.2) is 90.1 Å². The minimum Gasteiger partial charge on any atom is -0.326 e. The Bertz CT molecular complexity index is 1130. The second-order valence-corrected chi connectivity index (χ2v) is 7.96. The highest BCUT2D eigenvalue weighted by atomic mass is 35.5. The Hall–Kier alpha value is -3.09. The lowest BCUT2D eigenvalue weighted by atomic mass is 10.2. The molecule has 1 heterocycles. The van der Waals surface area contributed by atoms with Crippen molar-refractivity contribution in [2.75, 3.05) is 5.32 Å². The molecule has 4 rings (SSSR count). The molecular weight excluding hydrogens is 416 g/mol. The molecule has 150 valence electrons. The summed E-state index contributed by atoms with van der Waals surface area (Å²) in [7, 11) is 0. The number of carbonyl (C=O) groups excluding carboxylic acids is 1. The van der Waals surface area contributed by atoms with Crippen molar-refractivity contribution in [2.45, 2.75) is 17.3 Å². The summed E-state index contributed by atoms with van der Waals surface area (Å²) in [6, 6.07) is 27.1. The van der Waals surface area contributed by atoms with E-state index in [0.29, 0.717) is 16.5 Å². The van der Waals surface area contributed by atoms with Gasteiger partial charge in [0.05, 0.1) is 6.42 Å². The van der Waals surface area contributed by atoms with Crippen molar-refractivity contribution in [1.82, 2.24) is 14.8 Å². The smallest absolute Gasteiger partial charge is 0.232 e. The van der Waals surface area contributed by atoms with Gasteiger partial charge in [-0.05, 0) is 35.9 Å². The van der Waals surface area contributed by atoms with Gasteiger partial charge >= 0.3 is 0 Å². The minimum atomic E-state index is -0.179. The lowest BCUT2D eigenvalue weighted by Gasteiger charge is -2.10. The highest BCUT2D eigenvalue weighted by Gasteiger charge is 2.17. The van der Waals surface area contributed by atoms with Crippen LogP contribution in [-0.4, -0.2) is 20.7 Å². The number of nitrogens with zero attached hydrogens (tertiary/aromatic N) is 3. The Labute approximate surface area is 184 Å². The topological polar surface area (TPSA) is 59.8 Å². The molecule has 0 aliphatic carbocycles. The van der Waals surface area contributed by atoms with E-state index in [2.05, 4.69) is 27.6 Å². The summed E-state index contributed by atoms with van der Waals surface area (Å²) in [5.74, 6) is 1.17. The summed E-state index contributed by atoms with van der Waals surface area (Å²) in [6.07, 6.45) is 0.0975. The van der Waals surface area contributed by atoms with Gasteiger partial charge < -0.3 is 5.32 Å². The zero-order valence-electron chi connectivity index (χ0n) is 16.0. The van der Waals surface area contributed by atoms with Crippen molar-refractivity contribution in [2.24, 2.45) is 0 Å². The fourth-order valence-electron chi connectivity index (χ4n) is 2.98. The molecule has 0 aliphatic rings. The Kier molecular flexibility index (Phi) is 6.47. The number of aromatic nitrogens is 3. The molecule has 30 heavy (non-hydrogen) atoms. The van der Waals surface area contributed by atoms with E-state index in [4.69, 9.17) is 11.6 Å². The van der Waals surface area contributed by atoms with Gasteiger partial charge in [-0.2, -0.15) is 0 Å². The molecule has 0 radical (unpaired) electrons. The molecule has 1 amide bonds. The Morgan fingerprint density at radius 1 is 0.933 bits per heavy atom. The van der Waals surface area contributed by atoms with Crippen molar-refractivity contribution in [3.05, 3.63) is 101 Å². The van der Waals surface area contributed by atoms with E-state index in [0.717, 1.165) is 16.6 Å². The van der Waals surface area contributed by atoms with Gasteiger partial charge in [0.2, 0.25) is 5.91 Å². The van der Waals surface area contributed by atoms with Gasteiger partial charge in [-0.15, -0.1) is 10.2 Å². The number of halogens is 1. The van der Waals surface area contributed by atoms with E-state index in [9.17, 15) is 4.79 Å². The first-order chi connectivity index (χ1) is 14.7. The summed E-state index contributed by atoms with van der Waals surface area (Å²) >= 11 is 7.59. The number of thioether (sulfide) groups is 1. The zero-order chi connectivity index (χ0) is 20.8. The predicted molar refractivity (Wildman–Crippen MR) is 121 cm³/mol. The van der Waals surface area contributed by atoms with Gasteiger partial charge in [-0.3, -0.25) is 9.36 Å². The standard InChI is InChI=1S/C23H19ClN4OS/c24-18-10-7-11-19(14-18)25-22(29)15-21-26-27-23(28(21)20-12-5-2-6-13-20)30-16-17-8-3-1-4-9-17/h1-14H,15-16H2,(H,25,29). The second-order valence-electron chi connectivity index (χ2n) is 6.58.